The second-order valence-corrected chi connectivity index (χ2v) is 3.62. The lowest BCUT2D eigenvalue weighted by atomic mass is 9.97. The Balaban J connectivity index is 2.12. The van der Waals surface area contributed by atoms with Gasteiger partial charge in [0.15, 0.2) is 0 Å². The second-order valence-electron chi connectivity index (χ2n) is 3.62. The molecular weight excluding hydrogens is 168 g/mol. The van der Waals surface area contributed by atoms with Crippen LogP contribution in [0.15, 0.2) is 0 Å². The first kappa shape index (κ1) is 10.3. The first-order valence-electron chi connectivity index (χ1n) is 4.72. The standard InChI is InChI=1S/C9H18N2O2/c1-11-5-3-8(4-6-11)7-10-9(12)13-2/h8H,3-7H2,1-2H3,(H,10,12). The molecule has 1 aliphatic heterocycles. The van der Waals surface area contributed by atoms with Crippen LogP contribution in [0.1, 0.15) is 12.8 Å². The van der Waals surface area contributed by atoms with Crippen molar-refractivity contribution in [3.05, 3.63) is 0 Å². The fourth-order valence-corrected chi connectivity index (χ4v) is 1.57. The first-order chi connectivity index (χ1) is 6.22. The smallest absolute Gasteiger partial charge is 0.406 e. The summed E-state index contributed by atoms with van der Waals surface area (Å²) in [5.41, 5.74) is 0. The highest BCUT2D eigenvalue weighted by molar-refractivity contribution is 5.66. The number of carbonyl (C=O) groups excluding carboxylic acids is 1. The van der Waals surface area contributed by atoms with Gasteiger partial charge in [0, 0.05) is 6.54 Å². The monoisotopic (exact) mass is 186 g/mol. The zero-order chi connectivity index (χ0) is 9.68. The van der Waals surface area contributed by atoms with Crippen molar-refractivity contribution in [2.45, 2.75) is 12.8 Å². The molecule has 1 heterocycles. The number of nitrogens with zero attached hydrogens (tertiary/aromatic N) is 1. The Morgan fingerprint density at radius 2 is 2.15 bits per heavy atom. The van der Waals surface area contributed by atoms with E-state index in [1.165, 1.54) is 20.0 Å². The third-order valence-electron chi connectivity index (χ3n) is 2.56. The van der Waals surface area contributed by atoms with Gasteiger partial charge in [0.2, 0.25) is 0 Å². The highest BCUT2D eigenvalue weighted by atomic mass is 16.5. The van der Waals surface area contributed by atoms with E-state index in [9.17, 15) is 4.79 Å². The Bertz CT molecular complexity index is 165. The average Bonchev–Trinajstić information content (AvgIpc) is 2.16. The van der Waals surface area contributed by atoms with Crippen LogP contribution in [0.4, 0.5) is 4.79 Å². The van der Waals surface area contributed by atoms with Crippen LogP contribution in [-0.2, 0) is 4.74 Å². The van der Waals surface area contributed by atoms with E-state index in [0.29, 0.717) is 5.92 Å². The third kappa shape index (κ3) is 3.63. The van der Waals surface area contributed by atoms with E-state index in [0.717, 1.165) is 19.6 Å². The number of ether oxygens (including phenoxy) is 1. The quantitative estimate of drug-likeness (QED) is 0.689. The molecule has 0 aromatic rings. The van der Waals surface area contributed by atoms with Gasteiger partial charge >= 0.3 is 6.09 Å². The molecular formula is C9H18N2O2. The third-order valence-corrected chi connectivity index (χ3v) is 2.56. The van der Waals surface area contributed by atoms with Gasteiger partial charge in [-0.05, 0) is 38.9 Å². The number of hydrogen-bond donors (Lipinski definition) is 1. The summed E-state index contributed by atoms with van der Waals surface area (Å²) in [5, 5.41) is 2.74. The van der Waals surface area contributed by atoms with Crippen LogP contribution < -0.4 is 5.32 Å². The van der Waals surface area contributed by atoms with Crippen molar-refractivity contribution in [3.63, 3.8) is 0 Å². The molecule has 4 heteroatoms. The minimum atomic E-state index is -0.320. The molecule has 0 unspecified atom stereocenters. The summed E-state index contributed by atoms with van der Waals surface area (Å²) in [5.74, 6) is 0.621. The topological polar surface area (TPSA) is 41.6 Å². The van der Waals surface area contributed by atoms with Gasteiger partial charge in [-0.1, -0.05) is 0 Å². The Labute approximate surface area is 79.2 Å². The molecule has 0 radical (unpaired) electrons. The minimum Gasteiger partial charge on any atom is -0.453 e. The Morgan fingerprint density at radius 3 is 2.69 bits per heavy atom. The van der Waals surface area contributed by atoms with Crippen molar-refractivity contribution < 1.29 is 9.53 Å². The maximum Gasteiger partial charge on any atom is 0.406 e. The molecule has 0 aromatic carbocycles. The number of hydrogen-bond acceptors (Lipinski definition) is 3. The molecule has 1 N–H and O–H groups in total. The molecule has 1 fully saturated rings. The molecule has 1 rings (SSSR count). The predicted molar refractivity (Wildman–Crippen MR) is 50.6 cm³/mol. The van der Waals surface area contributed by atoms with E-state index in [2.05, 4.69) is 22.0 Å². The molecule has 0 atom stereocenters. The van der Waals surface area contributed by atoms with Crippen molar-refractivity contribution in [2.75, 3.05) is 33.8 Å². The van der Waals surface area contributed by atoms with E-state index in [1.807, 2.05) is 0 Å². The number of amides is 1. The summed E-state index contributed by atoms with van der Waals surface area (Å²) in [4.78, 5) is 13.1. The molecule has 13 heavy (non-hydrogen) atoms. The summed E-state index contributed by atoms with van der Waals surface area (Å²) in [6.45, 7) is 3.02. The van der Waals surface area contributed by atoms with Crippen LogP contribution >= 0.6 is 0 Å². The van der Waals surface area contributed by atoms with Crippen molar-refractivity contribution in [2.24, 2.45) is 5.92 Å². The number of nitrogens with one attached hydrogen (secondary N) is 1. The van der Waals surface area contributed by atoms with Crippen molar-refractivity contribution in [3.8, 4) is 0 Å². The van der Waals surface area contributed by atoms with E-state index >= 15 is 0 Å². The van der Waals surface area contributed by atoms with Crippen molar-refractivity contribution in [1.29, 1.82) is 0 Å². The lowest BCUT2D eigenvalue weighted by Crippen LogP contribution is -2.36. The second kappa shape index (κ2) is 5.07. The van der Waals surface area contributed by atoms with Crippen LogP contribution in [0, 0.1) is 5.92 Å². The normalized spacial score (nSPS) is 19.8. The molecule has 0 spiro atoms. The van der Waals surface area contributed by atoms with Crippen LogP contribution in [0.25, 0.3) is 0 Å². The maximum absolute atomic E-state index is 10.8. The SMILES string of the molecule is COC(=O)NCC1CCN(C)CC1. The largest absolute Gasteiger partial charge is 0.453 e. The number of piperidine rings is 1. The number of alkyl carbamates (subject to hydrolysis) is 1. The van der Waals surface area contributed by atoms with E-state index < -0.39 is 0 Å². The summed E-state index contributed by atoms with van der Waals surface area (Å²) < 4.78 is 4.50. The summed E-state index contributed by atoms with van der Waals surface area (Å²) in [6.07, 6.45) is 2.01. The van der Waals surface area contributed by atoms with Crippen LogP contribution in [0.3, 0.4) is 0 Å². The van der Waals surface area contributed by atoms with E-state index in [4.69, 9.17) is 0 Å². The highest BCUT2D eigenvalue weighted by Gasteiger charge is 2.16. The summed E-state index contributed by atoms with van der Waals surface area (Å²) >= 11 is 0. The number of rotatable bonds is 2. The lowest BCUT2D eigenvalue weighted by molar-refractivity contribution is 0.163. The first-order valence-corrected chi connectivity index (χ1v) is 4.72. The minimum absolute atomic E-state index is 0.320. The number of carbonyl (C=O) groups is 1. The Morgan fingerprint density at radius 1 is 1.54 bits per heavy atom. The van der Waals surface area contributed by atoms with Gasteiger partial charge in [-0.3, -0.25) is 0 Å². The molecule has 0 saturated carbocycles. The van der Waals surface area contributed by atoms with Gasteiger partial charge in [-0.15, -0.1) is 0 Å². The van der Waals surface area contributed by atoms with Crippen molar-refractivity contribution >= 4 is 6.09 Å². The van der Waals surface area contributed by atoms with Crippen LogP contribution in [-0.4, -0.2) is 44.8 Å². The average molecular weight is 186 g/mol. The predicted octanol–water partition coefficient (Wildman–Crippen LogP) is 0.684. The maximum atomic E-state index is 10.8. The molecule has 1 saturated heterocycles. The Kier molecular flexibility index (Phi) is 4.02. The van der Waals surface area contributed by atoms with Crippen LogP contribution in [0.2, 0.25) is 0 Å². The van der Waals surface area contributed by atoms with Crippen LogP contribution in [0.5, 0.6) is 0 Å². The van der Waals surface area contributed by atoms with Gasteiger partial charge in [0.25, 0.3) is 0 Å². The highest BCUT2D eigenvalue weighted by Crippen LogP contribution is 2.14. The summed E-state index contributed by atoms with van der Waals surface area (Å²) in [6, 6.07) is 0. The lowest BCUT2D eigenvalue weighted by Gasteiger charge is -2.28. The molecule has 0 aromatic heterocycles. The van der Waals surface area contributed by atoms with E-state index in [1.54, 1.807) is 0 Å². The Hall–Kier alpha value is -0.770. The van der Waals surface area contributed by atoms with Gasteiger partial charge in [0.1, 0.15) is 0 Å². The molecule has 1 amide bonds. The van der Waals surface area contributed by atoms with Gasteiger partial charge in [0.05, 0.1) is 7.11 Å². The van der Waals surface area contributed by atoms with Gasteiger partial charge in [-0.25, -0.2) is 4.79 Å². The molecule has 4 nitrogen and oxygen atoms in total. The van der Waals surface area contributed by atoms with Gasteiger partial charge in [-0.2, -0.15) is 0 Å². The fraction of sp³-hybridized carbons (Fsp3) is 0.889. The summed E-state index contributed by atoms with van der Waals surface area (Å²) in [7, 11) is 3.52. The zero-order valence-corrected chi connectivity index (χ0v) is 8.38. The molecule has 1 aliphatic rings. The molecule has 0 aliphatic carbocycles. The van der Waals surface area contributed by atoms with Gasteiger partial charge < -0.3 is 15.0 Å². The number of likely N-dealkylation sites (tertiary alicyclic amines) is 1. The van der Waals surface area contributed by atoms with E-state index in [-0.39, 0.29) is 6.09 Å². The molecule has 76 valence electrons. The fourth-order valence-electron chi connectivity index (χ4n) is 1.57. The molecule has 0 bridgehead atoms. The van der Waals surface area contributed by atoms with Crippen molar-refractivity contribution in [1.82, 2.24) is 10.2 Å². The number of methoxy groups -OCH3 is 1. The zero-order valence-electron chi connectivity index (χ0n) is 8.38.